The molecule has 0 saturated carbocycles. The van der Waals surface area contributed by atoms with Crippen molar-refractivity contribution in [3.8, 4) is 0 Å². The minimum absolute atomic E-state index is 0.217. The van der Waals surface area contributed by atoms with E-state index in [0.29, 0.717) is 51.0 Å². The highest BCUT2D eigenvalue weighted by molar-refractivity contribution is 5.79. The average Bonchev–Trinajstić information content (AvgIpc) is 2.74. The van der Waals surface area contributed by atoms with Crippen LogP contribution in [0.1, 0.15) is 23.6 Å². The van der Waals surface area contributed by atoms with E-state index in [1.54, 1.807) is 12.1 Å². The summed E-state index contributed by atoms with van der Waals surface area (Å²) in [5, 5.41) is 6.49. The summed E-state index contributed by atoms with van der Waals surface area (Å²) in [6.45, 7) is 8.35. The van der Waals surface area contributed by atoms with E-state index in [-0.39, 0.29) is 11.6 Å². The summed E-state index contributed by atoms with van der Waals surface area (Å²) in [6.07, 6.45) is 0.763. The Morgan fingerprint density at radius 1 is 1.10 bits per heavy atom. The number of rotatable bonds is 7. The lowest BCUT2D eigenvalue weighted by atomic mass is 10.1. The molecule has 0 aromatic heterocycles. The minimum Gasteiger partial charge on any atom is -0.378 e. The summed E-state index contributed by atoms with van der Waals surface area (Å²) in [5.41, 5.74) is 3.47. The lowest BCUT2D eigenvalue weighted by molar-refractivity contribution is 0.122. The molecule has 0 unspecified atom stereocenters. The van der Waals surface area contributed by atoms with Gasteiger partial charge >= 0.3 is 0 Å². The second-order valence-corrected chi connectivity index (χ2v) is 7.33. The Morgan fingerprint density at radius 3 is 2.60 bits per heavy atom. The molecule has 0 radical (unpaired) electrons. The zero-order chi connectivity index (χ0) is 21.3. The SMILES string of the molecule is CCNC(=NCc1ccc(N2CCOCC2)c(F)c1)NCCc1ccc(F)cc1C. The molecule has 1 aliphatic rings. The third-order valence-corrected chi connectivity index (χ3v) is 5.12. The van der Waals surface area contributed by atoms with Crippen LogP contribution < -0.4 is 15.5 Å². The van der Waals surface area contributed by atoms with E-state index in [1.165, 1.54) is 6.07 Å². The Balaban J connectivity index is 1.57. The van der Waals surface area contributed by atoms with Crippen LogP contribution in [-0.2, 0) is 17.7 Å². The van der Waals surface area contributed by atoms with Crippen LogP contribution in [0.3, 0.4) is 0 Å². The summed E-state index contributed by atoms with van der Waals surface area (Å²) >= 11 is 0. The monoisotopic (exact) mass is 416 g/mol. The number of hydrogen-bond acceptors (Lipinski definition) is 3. The van der Waals surface area contributed by atoms with Crippen molar-refractivity contribution in [3.63, 3.8) is 0 Å². The molecular weight excluding hydrogens is 386 g/mol. The van der Waals surface area contributed by atoms with Crippen molar-refractivity contribution in [3.05, 3.63) is 64.7 Å². The fourth-order valence-electron chi connectivity index (χ4n) is 3.48. The first kappa shape index (κ1) is 22.0. The fraction of sp³-hybridized carbons (Fsp3) is 0.435. The molecule has 162 valence electrons. The van der Waals surface area contributed by atoms with Crippen LogP contribution in [0.5, 0.6) is 0 Å². The molecule has 2 N–H and O–H groups in total. The molecule has 1 saturated heterocycles. The molecule has 2 aromatic rings. The number of ether oxygens (including phenoxy) is 1. The molecule has 0 aliphatic carbocycles. The molecule has 1 fully saturated rings. The van der Waals surface area contributed by atoms with E-state index < -0.39 is 0 Å². The Morgan fingerprint density at radius 2 is 1.90 bits per heavy atom. The molecular formula is C23H30F2N4O. The highest BCUT2D eigenvalue weighted by Gasteiger charge is 2.15. The van der Waals surface area contributed by atoms with Crippen LogP contribution in [-0.4, -0.2) is 45.4 Å². The fourth-order valence-corrected chi connectivity index (χ4v) is 3.48. The van der Waals surface area contributed by atoms with Crippen LogP contribution in [0.2, 0.25) is 0 Å². The number of aliphatic imine (C=N–C) groups is 1. The molecule has 1 aliphatic heterocycles. The van der Waals surface area contributed by atoms with Gasteiger partial charge in [-0.25, -0.2) is 13.8 Å². The third-order valence-electron chi connectivity index (χ3n) is 5.12. The standard InChI is InChI=1S/C23H30F2N4O/c1-3-26-23(27-9-8-19-5-6-20(24)14-17(19)2)28-16-18-4-7-22(21(25)15-18)29-10-12-30-13-11-29/h4-7,14-15H,3,8-13,16H2,1-2H3,(H2,26,27,28). The Bertz CT molecular complexity index is 866. The first-order valence-corrected chi connectivity index (χ1v) is 10.4. The smallest absolute Gasteiger partial charge is 0.191 e. The third kappa shape index (κ3) is 6.16. The highest BCUT2D eigenvalue weighted by atomic mass is 19.1. The summed E-state index contributed by atoms with van der Waals surface area (Å²) < 4.78 is 33.1. The molecule has 1 heterocycles. The van der Waals surface area contributed by atoms with E-state index in [0.717, 1.165) is 29.7 Å². The summed E-state index contributed by atoms with van der Waals surface area (Å²) in [4.78, 5) is 6.58. The normalized spacial score (nSPS) is 14.7. The van der Waals surface area contributed by atoms with Crippen LogP contribution in [0.15, 0.2) is 41.4 Å². The zero-order valence-electron chi connectivity index (χ0n) is 17.7. The maximum absolute atomic E-state index is 14.6. The van der Waals surface area contributed by atoms with Gasteiger partial charge in [0.15, 0.2) is 5.96 Å². The van der Waals surface area contributed by atoms with Gasteiger partial charge in [-0.05, 0) is 61.2 Å². The van der Waals surface area contributed by atoms with Gasteiger partial charge in [-0.2, -0.15) is 0 Å². The van der Waals surface area contributed by atoms with E-state index in [1.807, 2.05) is 36.9 Å². The van der Waals surface area contributed by atoms with Gasteiger partial charge in [0.1, 0.15) is 11.6 Å². The molecule has 30 heavy (non-hydrogen) atoms. The minimum atomic E-state index is -0.227. The Hall–Kier alpha value is -2.67. The van der Waals surface area contributed by atoms with Gasteiger partial charge in [-0.3, -0.25) is 0 Å². The lowest BCUT2D eigenvalue weighted by Crippen LogP contribution is -2.38. The number of nitrogens with one attached hydrogen (secondary N) is 2. The number of morpholine rings is 1. The maximum atomic E-state index is 14.6. The predicted molar refractivity (Wildman–Crippen MR) is 117 cm³/mol. The number of anilines is 1. The second-order valence-electron chi connectivity index (χ2n) is 7.33. The van der Waals surface area contributed by atoms with Gasteiger partial charge in [0.05, 0.1) is 25.4 Å². The van der Waals surface area contributed by atoms with Crippen LogP contribution in [0, 0.1) is 18.6 Å². The molecule has 7 heteroatoms. The van der Waals surface area contributed by atoms with Crippen LogP contribution >= 0.6 is 0 Å². The van der Waals surface area contributed by atoms with E-state index in [2.05, 4.69) is 15.6 Å². The quantitative estimate of drug-likeness (QED) is 0.537. The number of nitrogens with zero attached hydrogens (tertiary/aromatic N) is 2. The summed E-state index contributed by atoms with van der Waals surface area (Å²) in [5.74, 6) is 0.232. The second kappa shape index (κ2) is 10.9. The molecule has 2 aromatic carbocycles. The van der Waals surface area contributed by atoms with Crippen molar-refractivity contribution in [2.75, 3.05) is 44.3 Å². The van der Waals surface area contributed by atoms with Crippen molar-refractivity contribution in [2.24, 2.45) is 4.99 Å². The molecule has 0 bridgehead atoms. The predicted octanol–water partition coefficient (Wildman–Crippen LogP) is 3.41. The van der Waals surface area contributed by atoms with Gasteiger partial charge in [0.2, 0.25) is 0 Å². The van der Waals surface area contributed by atoms with Crippen molar-refractivity contribution in [1.82, 2.24) is 10.6 Å². The van der Waals surface area contributed by atoms with Crippen molar-refractivity contribution < 1.29 is 13.5 Å². The lowest BCUT2D eigenvalue weighted by Gasteiger charge is -2.29. The van der Waals surface area contributed by atoms with Crippen LogP contribution in [0.4, 0.5) is 14.5 Å². The van der Waals surface area contributed by atoms with Gasteiger partial charge < -0.3 is 20.3 Å². The average molecular weight is 417 g/mol. The Labute approximate surface area is 177 Å². The topological polar surface area (TPSA) is 48.9 Å². The van der Waals surface area contributed by atoms with Gasteiger partial charge in [0, 0.05) is 26.2 Å². The van der Waals surface area contributed by atoms with Crippen molar-refractivity contribution >= 4 is 11.6 Å². The number of benzene rings is 2. The number of guanidine groups is 1. The number of halogens is 2. The maximum Gasteiger partial charge on any atom is 0.191 e. The number of aryl methyl sites for hydroxylation is 1. The molecule has 0 amide bonds. The van der Waals surface area contributed by atoms with Crippen LogP contribution in [0.25, 0.3) is 0 Å². The van der Waals surface area contributed by atoms with E-state index in [4.69, 9.17) is 4.74 Å². The zero-order valence-corrected chi connectivity index (χ0v) is 17.7. The number of hydrogen-bond donors (Lipinski definition) is 2. The van der Waals surface area contributed by atoms with E-state index in [9.17, 15) is 8.78 Å². The van der Waals surface area contributed by atoms with Gasteiger partial charge in [-0.1, -0.05) is 12.1 Å². The van der Waals surface area contributed by atoms with Gasteiger partial charge in [0.25, 0.3) is 0 Å². The molecule has 3 rings (SSSR count). The van der Waals surface area contributed by atoms with Crippen molar-refractivity contribution in [1.29, 1.82) is 0 Å². The highest BCUT2D eigenvalue weighted by Crippen LogP contribution is 2.22. The van der Waals surface area contributed by atoms with Gasteiger partial charge in [-0.15, -0.1) is 0 Å². The summed E-state index contributed by atoms with van der Waals surface area (Å²) in [7, 11) is 0. The first-order valence-electron chi connectivity index (χ1n) is 10.4. The van der Waals surface area contributed by atoms with E-state index >= 15 is 0 Å². The first-order chi connectivity index (χ1) is 14.6. The summed E-state index contributed by atoms with van der Waals surface area (Å²) in [6, 6.07) is 10.1. The molecule has 5 nitrogen and oxygen atoms in total. The van der Waals surface area contributed by atoms with Crippen molar-refractivity contribution in [2.45, 2.75) is 26.8 Å². The molecule has 0 atom stereocenters. The molecule has 0 spiro atoms. The Kier molecular flexibility index (Phi) is 8.02. The largest absolute Gasteiger partial charge is 0.378 e.